The molecule has 0 radical (unpaired) electrons. The quantitative estimate of drug-likeness (QED) is 0.834. The van der Waals surface area contributed by atoms with Gasteiger partial charge in [0.25, 0.3) is 0 Å². The topological polar surface area (TPSA) is 16.1 Å². The second-order valence-corrected chi connectivity index (χ2v) is 5.00. The number of nitrogens with zero attached hydrogens (tertiary/aromatic N) is 2. The Labute approximate surface area is 94.6 Å². The minimum atomic E-state index is 0.718. The maximum absolute atomic E-state index is 4.09. The Morgan fingerprint density at radius 2 is 1.85 bits per heavy atom. The summed E-state index contributed by atoms with van der Waals surface area (Å²) in [6.45, 7) is 0. The van der Waals surface area contributed by atoms with Crippen molar-refractivity contribution in [2.24, 2.45) is 0 Å². The Hall–Kier alpha value is -0.0900. The fourth-order valence-corrected chi connectivity index (χ4v) is 2.87. The molecular weight excluding hydrogens is 296 g/mol. The molecule has 1 saturated carbocycles. The number of hydrogen-bond acceptors (Lipinski definition) is 2. The Morgan fingerprint density at radius 3 is 2.31 bits per heavy atom. The lowest BCUT2D eigenvalue weighted by molar-refractivity contribution is 0.907. The van der Waals surface area contributed by atoms with Crippen LogP contribution in [0.5, 0.6) is 0 Å². The van der Waals surface area contributed by atoms with Gasteiger partial charge in [0, 0.05) is 25.5 Å². The van der Waals surface area contributed by atoms with Crippen molar-refractivity contribution in [2.75, 3.05) is 11.9 Å². The van der Waals surface area contributed by atoms with Crippen molar-refractivity contribution in [3.63, 3.8) is 0 Å². The van der Waals surface area contributed by atoms with E-state index in [4.69, 9.17) is 0 Å². The molecule has 0 N–H and O–H groups in total. The van der Waals surface area contributed by atoms with E-state index in [-0.39, 0.29) is 0 Å². The minimum Gasteiger partial charge on any atom is -0.370 e. The first kappa shape index (κ1) is 9.46. The number of aromatic nitrogens is 1. The normalized spacial score (nSPS) is 15.9. The second kappa shape index (κ2) is 3.58. The molecule has 0 aliphatic heterocycles. The van der Waals surface area contributed by atoms with Crippen LogP contribution in [0.25, 0.3) is 0 Å². The van der Waals surface area contributed by atoms with E-state index < -0.39 is 0 Å². The average molecular weight is 306 g/mol. The first-order chi connectivity index (χ1) is 6.20. The van der Waals surface area contributed by atoms with Gasteiger partial charge in [-0.2, -0.15) is 0 Å². The summed E-state index contributed by atoms with van der Waals surface area (Å²) in [7, 11) is 2.13. The molecule has 4 heteroatoms. The van der Waals surface area contributed by atoms with Crippen molar-refractivity contribution < 1.29 is 0 Å². The van der Waals surface area contributed by atoms with E-state index in [9.17, 15) is 0 Å². The van der Waals surface area contributed by atoms with E-state index >= 15 is 0 Å². The lowest BCUT2D eigenvalue weighted by atomic mass is 10.3. The molecule has 0 unspecified atom stereocenters. The van der Waals surface area contributed by atoms with Crippen LogP contribution in [0.2, 0.25) is 0 Å². The van der Waals surface area contributed by atoms with E-state index in [2.05, 4.69) is 48.8 Å². The maximum Gasteiger partial charge on any atom is 0.0686 e. The summed E-state index contributed by atoms with van der Waals surface area (Å²) < 4.78 is 2.10. The molecule has 0 saturated heterocycles. The highest BCUT2D eigenvalue weighted by Gasteiger charge is 2.28. The van der Waals surface area contributed by atoms with E-state index in [0.29, 0.717) is 0 Å². The third kappa shape index (κ3) is 1.89. The minimum absolute atomic E-state index is 0.718. The van der Waals surface area contributed by atoms with Gasteiger partial charge in [0.15, 0.2) is 0 Å². The summed E-state index contributed by atoms with van der Waals surface area (Å²) in [5, 5.41) is 0. The maximum atomic E-state index is 4.09. The zero-order valence-electron chi connectivity index (χ0n) is 7.30. The van der Waals surface area contributed by atoms with E-state index in [0.717, 1.165) is 15.0 Å². The molecule has 0 spiro atoms. The standard InChI is InChI=1S/C9H10Br2N2/c1-13(6-2-3-6)9-7(10)4-12-5-8(9)11/h4-6H,2-3H2,1H3. The molecule has 2 rings (SSSR count). The van der Waals surface area contributed by atoms with E-state index in [1.807, 2.05) is 12.4 Å². The van der Waals surface area contributed by atoms with Crippen molar-refractivity contribution in [1.29, 1.82) is 0 Å². The van der Waals surface area contributed by atoms with E-state index in [1.165, 1.54) is 18.5 Å². The van der Waals surface area contributed by atoms with Crippen molar-refractivity contribution >= 4 is 37.5 Å². The van der Waals surface area contributed by atoms with Gasteiger partial charge >= 0.3 is 0 Å². The molecule has 1 aromatic rings. The Balaban J connectivity index is 2.36. The number of pyridine rings is 1. The van der Waals surface area contributed by atoms with Gasteiger partial charge in [0.1, 0.15) is 0 Å². The smallest absolute Gasteiger partial charge is 0.0686 e. The summed E-state index contributed by atoms with van der Waals surface area (Å²) in [6.07, 6.45) is 6.27. The van der Waals surface area contributed by atoms with Crippen LogP contribution in [-0.4, -0.2) is 18.1 Å². The Morgan fingerprint density at radius 1 is 1.31 bits per heavy atom. The molecule has 1 aliphatic rings. The highest BCUT2D eigenvalue weighted by atomic mass is 79.9. The first-order valence-electron chi connectivity index (χ1n) is 4.22. The molecule has 0 aromatic carbocycles. The van der Waals surface area contributed by atoms with Gasteiger partial charge in [-0.05, 0) is 44.7 Å². The number of hydrogen-bond donors (Lipinski definition) is 0. The summed E-state index contributed by atoms with van der Waals surface area (Å²) in [5.41, 5.74) is 1.21. The molecule has 0 bridgehead atoms. The van der Waals surface area contributed by atoms with Crippen molar-refractivity contribution in [2.45, 2.75) is 18.9 Å². The van der Waals surface area contributed by atoms with E-state index in [1.54, 1.807) is 0 Å². The summed E-state index contributed by atoms with van der Waals surface area (Å²) in [4.78, 5) is 6.39. The molecule has 2 nitrogen and oxygen atoms in total. The molecule has 70 valence electrons. The average Bonchev–Trinajstić information content (AvgIpc) is 2.85. The molecule has 1 aliphatic carbocycles. The lowest BCUT2D eigenvalue weighted by Gasteiger charge is -2.21. The number of rotatable bonds is 2. The number of halogens is 2. The van der Waals surface area contributed by atoms with Crippen LogP contribution in [0.4, 0.5) is 5.69 Å². The Bertz CT molecular complexity index is 303. The van der Waals surface area contributed by atoms with Gasteiger partial charge in [-0.25, -0.2) is 0 Å². The van der Waals surface area contributed by atoms with Crippen LogP contribution in [0.1, 0.15) is 12.8 Å². The summed E-state index contributed by atoms with van der Waals surface area (Å²) >= 11 is 7.02. The van der Waals surface area contributed by atoms with Crippen molar-refractivity contribution in [1.82, 2.24) is 4.98 Å². The molecule has 0 atom stereocenters. The second-order valence-electron chi connectivity index (χ2n) is 3.29. The summed E-state index contributed by atoms with van der Waals surface area (Å²) in [5.74, 6) is 0. The van der Waals surface area contributed by atoms with Gasteiger partial charge in [-0.15, -0.1) is 0 Å². The van der Waals surface area contributed by atoms with Crippen LogP contribution in [0.15, 0.2) is 21.3 Å². The van der Waals surface area contributed by atoms with Gasteiger partial charge in [-0.1, -0.05) is 0 Å². The first-order valence-corrected chi connectivity index (χ1v) is 5.80. The molecule has 13 heavy (non-hydrogen) atoms. The van der Waals surface area contributed by atoms with Crippen molar-refractivity contribution in [3.05, 3.63) is 21.3 Å². The fourth-order valence-electron chi connectivity index (χ4n) is 1.39. The monoisotopic (exact) mass is 304 g/mol. The number of anilines is 1. The van der Waals surface area contributed by atoms with Crippen molar-refractivity contribution in [3.8, 4) is 0 Å². The highest BCUT2D eigenvalue weighted by Crippen LogP contribution is 2.38. The van der Waals surface area contributed by atoms with Crippen LogP contribution in [-0.2, 0) is 0 Å². The predicted molar refractivity (Wildman–Crippen MR) is 61.1 cm³/mol. The molecule has 1 heterocycles. The SMILES string of the molecule is CN(c1c(Br)cncc1Br)C1CC1. The molecule has 1 fully saturated rings. The van der Waals surface area contributed by atoms with Gasteiger partial charge in [-0.3, -0.25) is 4.98 Å². The molecule has 0 amide bonds. The van der Waals surface area contributed by atoms with Crippen LogP contribution < -0.4 is 4.90 Å². The third-order valence-electron chi connectivity index (χ3n) is 2.28. The molecule has 1 aromatic heterocycles. The van der Waals surface area contributed by atoms with Gasteiger partial charge < -0.3 is 4.90 Å². The Kier molecular flexibility index (Phi) is 2.60. The predicted octanol–water partition coefficient (Wildman–Crippen LogP) is 3.21. The zero-order chi connectivity index (χ0) is 9.42. The fraction of sp³-hybridized carbons (Fsp3) is 0.444. The largest absolute Gasteiger partial charge is 0.370 e. The summed E-state index contributed by atoms with van der Waals surface area (Å²) in [6, 6.07) is 0.718. The van der Waals surface area contributed by atoms with Crippen LogP contribution >= 0.6 is 31.9 Å². The van der Waals surface area contributed by atoms with Crippen LogP contribution in [0.3, 0.4) is 0 Å². The van der Waals surface area contributed by atoms with Gasteiger partial charge in [0.2, 0.25) is 0 Å². The third-order valence-corrected chi connectivity index (χ3v) is 3.44. The van der Waals surface area contributed by atoms with Gasteiger partial charge in [0.05, 0.1) is 14.6 Å². The highest BCUT2D eigenvalue weighted by molar-refractivity contribution is 9.11. The molecular formula is C9H10Br2N2. The van der Waals surface area contributed by atoms with Crippen LogP contribution in [0, 0.1) is 0 Å². The zero-order valence-corrected chi connectivity index (χ0v) is 10.5. The lowest BCUT2D eigenvalue weighted by Crippen LogP contribution is -2.20.